The lowest BCUT2D eigenvalue weighted by atomic mass is 10.1. The molecule has 1 aromatic rings. The number of carbonyl (C=O) groups excluding carboxylic acids is 1. The third-order valence-corrected chi connectivity index (χ3v) is 5.46. The predicted molar refractivity (Wildman–Crippen MR) is 77.6 cm³/mol. The minimum absolute atomic E-state index is 0.289. The number of hydrogen-bond donors (Lipinski definition) is 0. The minimum atomic E-state index is -3.04. The molecule has 0 saturated heterocycles. The quantitative estimate of drug-likeness (QED) is 0.804. The van der Waals surface area contributed by atoms with Gasteiger partial charge in [0.15, 0.2) is 0 Å². The second-order valence-corrected chi connectivity index (χ2v) is 7.94. The van der Waals surface area contributed by atoms with E-state index in [2.05, 4.69) is 0 Å². The average molecular weight is 296 g/mol. The van der Waals surface area contributed by atoms with Crippen molar-refractivity contribution >= 4 is 15.8 Å². The van der Waals surface area contributed by atoms with Gasteiger partial charge in [-0.05, 0) is 38.3 Å². The lowest BCUT2D eigenvalue weighted by molar-refractivity contribution is 0.0317. The van der Waals surface area contributed by atoms with Crippen LogP contribution in [0.2, 0.25) is 0 Å². The Bertz CT molecular complexity index is 619. The first-order chi connectivity index (χ1) is 9.27. The number of ether oxygens (including phenoxy) is 1. The van der Waals surface area contributed by atoms with Crippen molar-refractivity contribution in [2.75, 3.05) is 6.26 Å². The molecule has 1 fully saturated rings. The van der Waals surface area contributed by atoms with Crippen molar-refractivity contribution in [3.63, 3.8) is 0 Å². The van der Waals surface area contributed by atoms with E-state index < -0.39 is 9.84 Å². The molecule has 1 saturated carbocycles. The monoisotopic (exact) mass is 296 g/mol. The summed E-state index contributed by atoms with van der Waals surface area (Å²) < 4.78 is 28.4. The Labute approximate surface area is 120 Å². The van der Waals surface area contributed by atoms with Gasteiger partial charge in [0.05, 0.1) is 10.8 Å². The molecule has 20 heavy (non-hydrogen) atoms. The van der Waals surface area contributed by atoms with E-state index in [9.17, 15) is 13.2 Å². The number of benzene rings is 1. The van der Waals surface area contributed by atoms with E-state index in [1.807, 2.05) is 26.0 Å². The van der Waals surface area contributed by atoms with Crippen LogP contribution in [-0.4, -0.2) is 32.0 Å². The Morgan fingerprint density at radius 1 is 1.25 bits per heavy atom. The molecular weight excluding hydrogens is 276 g/mol. The van der Waals surface area contributed by atoms with E-state index >= 15 is 0 Å². The van der Waals surface area contributed by atoms with E-state index in [0.717, 1.165) is 11.1 Å². The second-order valence-electron chi connectivity index (χ2n) is 5.61. The van der Waals surface area contributed by atoms with Crippen molar-refractivity contribution in [2.45, 2.75) is 44.5 Å². The van der Waals surface area contributed by atoms with Crippen LogP contribution in [0.4, 0.5) is 0 Å². The Morgan fingerprint density at radius 2 is 1.95 bits per heavy atom. The van der Waals surface area contributed by atoms with E-state index in [1.165, 1.54) is 6.26 Å². The van der Waals surface area contributed by atoms with Crippen LogP contribution in [0, 0.1) is 13.8 Å². The SMILES string of the molecule is Cc1ccc(C(=O)O[C@@H]2CC[C@H](S(C)(=O)=O)C2)c(C)c1. The molecule has 5 heteroatoms. The van der Waals surface area contributed by atoms with Gasteiger partial charge in [-0.1, -0.05) is 17.7 Å². The highest BCUT2D eigenvalue weighted by atomic mass is 32.2. The molecule has 0 N–H and O–H groups in total. The van der Waals surface area contributed by atoms with Gasteiger partial charge in [-0.15, -0.1) is 0 Å². The van der Waals surface area contributed by atoms with Crippen LogP contribution in [0.5, 0.6) is 0 Å². The number of sulfone groups is 1. The third kappa shape index (κ3) is 3.39. The summed E-state index contributed by atoms with van der Waals surface area (Å²) in [6, 6.07) is 5.57. The van der Waals surface area contributed by atoms with Crippen molar-refractivity contribution in [2.24, 2.45) is 0 Å². The van der Waals surface area contributed by atoms with Gasteiger partial charge < -0.3 is 4.74 Å². The van der Waals surface area contributed by atoms with Gasteiger partial charge in [-0.3, -0.25) is 0 Å². The van der Waals surface area contributed by atoms with Gasteiger partial charge in [0.25, 0.3) is 0 Å². The largest absolute Gasteiger partial charge is 0.459 e. The van der Waals surface area contributed by atoms with E-state index in [1.54, 1.807) is 6.07 Å². The number of aryl methyl sites for hydroxylation is 2. The minimum Gasteiger partial charge on any atom is -0.459 e. The molecule has 2 atom stereocenters. The van der Waals surface area contributed by atoms with Crippen molar-refractivity contribution < 1.29 is 17.9 Å². The van der Waals surface area contributed by atoms with Crippen LogP contribution in [-0.2, 0) is 14.6 Å². The Kier molecular flexibility index (Phi) is 4.18. The first-order valence-corrected chi connectivity index (χ1v) is 8.70. The topological polar surface area (TPSA) is 60.4 Å². The van der Waals surface area contributed by atoms with Gasteiger partial charge in [0.1, 0.15) is 15.9 Å². The fourth-order valence-corrected chi connectivity index (χ4v) is 3.78. The van der Waals surface area contributed by atoms with Gasteiger partial charge in [0.2, 0.25) is 0 Å². The zero-order valence-electron chi connectivity index (χ0n) is 12.0. The summed E-state index contributed by atoms with van der Waals surface area (Å²) in [4.78, 5) is 12.1. The molecule has 1 aliphatic rings. The standard InChI is InChI=1S/C15H20O4S/c1-10-4-7-14(11(2)8-10)15(16)19-12-5-6-13(9-12)20(3,17)18/h4,7-8,12-13H,5-6,9H2,1-3H3/t12-,13+/m1/s1. The maximum absolute atomic E-state index is 12.1. The lowest BCUT2D eigenvalue weighted by Gasteiger charge is -2.13. The first kappa shape index (κ1) is 15.0. The zero-order valence-corrected chi connectivity index (χ0v) is 12.9. The van der Waals surface area contributed by atoms with Crippen LogP contribution in [0.25, 0.3) is 0 Å². The van der Waals surface area contributed by atoms with Gasteiger partial charge in [0, 0.05) is 12.7 Å². The Morgan fingerprint density at radius 3 is 2.50 bits per heavy atom. The first-order valence-electron chi connectivity index (χ1n) is 6.74. The van der Waals surface area contributed by atoms with E-state index in [4.69, 9.17) is 4.74 Å². The maximum Gasteiger partial charge on any atom is 0.338 e. The molecule has 1 aliphatic carbocycles. The lowest BCUT2D eigenvalue weighted by Crippen LogP contribution is -2.20. The summed E-state index contributed by atoms with van der Waals surface area (Å²) in [6.07, 6.45) is 2.56. The highest BCUT2D eigenvalue weighted by Crippen LogP contribution is 2.28. The highest BCUT2D eigenvalue weighted by molar-refractivity contribution is 7.91. The number of carbonyl (C=O) groups is 1. The van der Waals surface area contributed by atoms with Gasteiger partial charge >= 0.3 is 5.97 Å². The molecule has 0 unspecified atom stereocenters. The molecule has 0 spiro atoms. The summed E-state index contributed by atoms with van der Waals surface area (Å²) in [6.45, 7) is 3.84. The molecule has 0 radical (unpaired) electrons. The van der Waals surface area contributed by atoms with Crippen LogP contribution >= 0.6 is 0 Å². The average Bonchev–Trinajstić information content (AvgIpc) is 2.76. The fraction of sp³-hybridized carbons (Fsp3) is 0.533. The molecule has 0 heterocycles. The van der Waals surface area contributed by atoms with Crippen molar-refractivity contribution in [3.8, 4) is 0 Å². The van der Waals surface area contributed by atoms with Crippen molar-refractivity contribution in [1.29, 1.82) is 0 Å². The molecule has 1 aromatic carbocycles. The maximum atomic E-state index is 12.1. The Balaban J connectivity index is 2.03. The van der Waals surface area contributed by atoms with E-state index in [-0.39, 0.29) is 17.3 Å². The third-order valence-electron chi connectivity index (χ3n) is 3.82. The molecule has 4 nitrogen and oxygen atoms in total. The summed E-state index contributed by atoms with van der Waals surface area (Å²) in [5.41, 5.74) is 2.53. The summed E-state index contributed by atoms with van der Waals surface area (Å²) in [5.74, 6) is -0.360. The molecule has 0 bridgehead atoms. The predicted octanol–water partition coefficient (Wildman–Crippen LogP) is 2.43. The smallest absolute Gasteiger partial charge is 0.338 e. The highest BCUT2D eigenvalue weighted by Gasteiger charge is 2.33. The molecule has 0 amide bonds. The number of rotatable bonds is 3. The molecule has 0 aliphatic heterocycles. The summed E-state index contributed by atoms with van der Waals surface area (Å²) in [5, 5.41) is -0.376. The van der Waals surface area contributed by atoms with Crippen molar-refractivity contribution in [3.05, 3.63) is 34.9 Å². The molecule has 2 rings (SSSR count). The van der Waals surface area contributed by atoms with Crippen LogP contribution < -0.4 is 0 Å². The Hall–Kier alpha value is -1.36. The molecular formula is C15H20O4S. The fourth-order valence-electron chi connectivity index (χ4n) is 2.65. The normalized spacial score (nSPS) is 22.8. The van der Waals surface area contributed by atoms with Crippen LogP contribution in [0.3, 0.4) is 0 Å². The van der Waals surface area contributed by atoms with E-state index in [0.29, 0.717) is 24.8 Å². The molecule has 0 aromatic heterocycles. The number of esters is 1. The van der Waals surface area contributed by atoms with Crippen LogP contribution in [0.1, 0.15) is 40.7 Å². The van der Waals surface area contributed by atoms with Gasteiger partial charge in [-0.2, -0.15) is 0 Å². The van der Waals surface area contributed by atoms with Gasteiger partial charge in [-0.25, -0.2) is 13.2 Å². The van der Waals surface area contributed by atoms with Crippen molar-refractivity contribution in [1.82, 2.24) is 0 Å². The number of hydrogen-bond acceptors (Lipinski definition) is 4. The van der Waals surface area contributed by atoms with Crippen LogP contribution in [0.15, 0.2) is 18.2 Å². The molecule has 110 valence electrons. The summed E-state index contributed by atoms with van der Waals surface area (Å²) >= 11 is 0. The zero-order chi connectivity index (χ0) is 14.9. The second kappa shape index (κ2) is 5.56. The summed E-state index contributed by atoms with van der Waals surface area (Å²) in [7, 11) is -3.04.